The SMILES string of the molecule is CCC(O)c1cccc(S(=O)(=O)NC(C)C(CC)CC)c1. The van der Waals surface area contributed by atoms with E-state index in [0.717, 1.165) is 12.8 Å². The molecule has 2 atom stereocenters. The van der Waals surface area contributed by atoms with Gasteiger partial charge in [0.15, 0.2) is 0 Å². The third-order valence-corrected chi connectivity index (χ3v) is 5.59. The van der Waals surface area contributed by atoms with E-state index in [4.69, 9.17) is 0 Å². The molecule has 0 aliphatic rings. The van der Waals surface area contributed by atoms with Gasteiger partial charge in [0.05, 0.1) is 11.0 Å². The minimum absolute atomic E-state index is 0.107. The van der Waals surface area contributed by atoms with Gasteiger partial charge in [-0.1, -0.05) is 45.7 Å². The lowest BCUT2D eigenvalue weighted by molar-refractivity contribution is 0.173. The van der Waals surface area contributed by atoms with Crippen molar-refractivity contribution >= 4 is 10.0 Å². The Morgan fingerprint density at radius 3 is 2.29 bits per heavy atom. The summed E-state index contributed by atoms with van der Waals surface area (Å²) in [6.45, 7) is 7.90. The Morgan fingerprint density at radius 1 is 1.14 bits per heavy atom. The molecule has 1 rings (SSSR count). The molecule has 0 heterocycles. The zero-order chi connectivity index (χ0) is 16.0. The molecule has 2 N–H and O–H groups in total. The van der Waals surface area contributed by atoms with Gasteiger partial charge in [-0.25, -0.2) is 13.1 Å². The smallest absolute Gasteiger partial charge is 0.240 e. The second-order valence-corrected chi connectivity index (χ2v) is 7.20. The molecule has 0 aliphatic carbocycles. The maximum atomic E-state index is 12.4. The van der Waals surface area contributed by atoms with Crippen molar-refractivity contribution < 1.29 is 13.5 Å². The highest BCUT2D eigenvalue weighted by Crippen LogP contribution is 2.21. The second-order valence-electron chi connectivity index (χ2n) is 5.48. The van der Waals surface area contributed by atoms with Gasteiger partial charge < -0.3 is 5.11 Å². The van der Waals surface area contributed by atoms with E-state index in [1.54, 1.807) is 24.3 Å². The molecule has 0 aromatic heterocycles. The molecule has 0 fully saturated rings. The molecule has 0 aliphatic heterocycles. The van der Waals surface area contributed by atoms with Gasteiger partial charge in [0, 0.05) is 6.04 Å². The monoisotopic (exact) mass is 313 g/mol. The van der Waals surface area contributed by atoms with Crippen molar-refractivity contribution in [1.82, 2.24) is 4.72 Å². The van der Waals surface area contributed by atoms with Crippen molar-refractivity contribution in [1.29, 1.82) is 0 Å². The molecule has 0 radical (unpaired) electrons. The molecule has 1 aromatic rings. The van der Waals surface area contributed by atoms with Gasteiger partial charge in [0.2, 0.25) is 10.0 Å². The van der Waals surface area contributed by atoms with Crippen molar-refractivity contribution in [2.24, 2.45) is 5.92 Å². The molecule has 0 amide bonds. The van der Waals surface area contributed by atoms with E-state index < -0.39 is 16.1 Å². The Morgan fingerprint density at radius 2 is 1.76 bits per heavy atom. The lowest BCUT2D eigenvalue weighted by Gasteiger charge is -2.22. The molecule has 5 heteroatoms. The highest BCUT2D eigenvalue weighted by Gasteiger charge is 2.22. The Kier molecular flexibility index (Phi) is 6.84. The summed E-state index contributed by atoms with van der Waals surface area (Å²) in [7, 11) is -3.55. The van der Waals surface area contributed by atoms with Gasteiger partial charge >= 0.3 is 0 Å². The first kappa shape index (κ1) is 18.1. The fraction of sp³-hybridized carbons (Fsp3) is 0.625. The normalized spacial score (nSPS) is 15.1. The average molecular weight is 313 g/mol. The Balaban J connectivity index is 2.98. The molecule has 1 aromatic carbocycles. The van der Waals surface area contributed by atoms with E-state index in [9.17, 15) is 13.5 Å². The van der Waals surface area contributed by atoms with Crippen LogP contribution in [-0.2, 0) is 10.0 Å². The number of hydrogen-bond donors (Lipinski definition) is 2. The van der Waals surface area contributed by atoms with E-state index in [2.05, 4.69) is 18.6 Å². The summed E-state index contributed by atoms with van der Waals surface area (Å²) < 4.78 is 27.6. The molecule has 0 bridgehead atoms. The maximum absolute atomic E-state index is 12.4. The number of hydrogen-bond acceptors (Lipinski definition) is 3. The number of nitrogens with one attached hydrogen (secondary N) is 1. The molecule has 21 heavy (non-hydrogen) atoms. The van der Waals surface area contributed by atoms with Gasteiger partial charge in [0.25, 0.3) is 0 Å². The lowest BCUT2D eigenvalue weighted by atomic mass is 9.96. The van der Waals surface area contributed by atoms with Crippen LogP contribution >= 0.6 is 0 Å². The summed E-state index contributed by atoms with van der Waals surface area (Å²) >= 11 is 0. The van der Waals surface area contributed by atoms with E-state index in [0.29, 0.717) is 17.9 Å². The Labute approximate surface area is 128 Å². The van der Waals surface area contributed by atoms with Crippen LogP contribution in [0.5, 0.6) is 0 Å². The van der Waals surface area contributed by atoms with E-state index in [-0.39, 0.29) is 10.9 Å². The fourth-order valence-electron chi connectivity index (χ4n) is 2.53. The molecular formula is C16H27NO3S. The topological polar surface area (TPSA) is 66.4 Å². The highest BCUT2D eigenvalue weighted by atomic mass is 32.2. The predicted molar refractivity (Wildman–Crippen MR) is 85.5 cm³/mol. The van der Waals surface area contributed by atoms with Crippen LogP contribution < -0.4 is 4.72 Å². The van der Waals surface area contributed by atoms with Crippen molar-refractivity contribution in [2.45, 2.75) is 64.0 Å². The number of aliphatic hydroxyl groups is 1. The summed E-state index contributed by atoms with van der Waals surface area (Å²) in [5, 5.41) is 9.85. The molecule has 0 spiro atoms. The van der Waals surface area contributed by atoms with Gasteiger partial charge in [0.1, 0.15) is 0 Å². The molecule has 0 saturated heterocycles. The fourth-order valence-corrected chi connectivity index (χ4v) is 3.90. The van der Waals surface area contributed by atoms with Crippen LogP contribution in [0.25, 0.3) is 0 Å². The van der Waals surface area contributed by atoms with Crippen molar-refractivity contribution in [3.05, 3.63) is 29.8 Å². The summed E-state index contributed by atoms with van der Waals surface area (Å²) in [6, 6.07) is 6.43. The summed E-state index contributed by atoms with van der Waals surface area (Å²) in [4.78, 5) is 0.213. The Bertz CT molecular complexity index is 538. The first-order valence-electron chi connectivity index (χ1n) is 7.66. The number of sulfonamides is 1. The largest absolute Gasteiger partial charge is 0.388 e. The zero-order valence-corrected chi connectivity index (χ0v) is 14.2. The van der Waals surface area contributed by atoms with Crippen LogP contribution in [-0.4, -0.2) is 19.6 Å². The van der Waals surface area contributed by atoms with Crippen LogP contribution in [0.3, 0.4) is 0 Å². The highest BCUT2D eigenvalue weighted by molar-refractivity contribution is 7.89. The van der Waals surface area contributed by atoms with Crippen LogP contribution in [0, 0.1) is 5.92 Å². The van der Waals surface area contributed by atoms with Gasteiger partial charge in [-0.05, 0) is 37.0 Å². The number of benzene rings is 1. The standard InChI is InChI=1S/C16H27NO3S/c1-5-13(6-2)12(4)17-21(19,20)15-10-8-9-14(11-15)16(18)7-3/h8-13,16-18H,5-7H2,1-4H3. The number of aliphatic hydroxyl groups excluding tert-OH is 1. The lowest BCUT2D eigenvalue weighted by Crippen LogP contribution is -2.37. The van der Waals surface area contributed by atoms with Crippen LogP contribution in [0.1, 0.15) is 58.6 Å². The molecular weight excluding hydrogens is 286 g/mol. The van der Waals surface area contributed by atoms with Gasteiger partial charge in [-0.3, -0.25) is 0 Å². The third kappa shape index (κ3) is 4.80. The average Bonchev–Trinajstić information content (AvgIpc) is 2.47. The molecule has 120 valence electrons. The Hall–Kier alpha value is -0.910. The second kappa shape index (κ2) is 7.92. The van der Waals surface area contributed by atoms with E-state index in [1.807, 2.05) is 13.8 Å². The van der Waals surface area contributed by atoms with Crippen LogP contribution in [0.4, 0.5) is 0 Å². The van der Waals surface area contributed by atoms with Gasteiger partial charge in [-0.15, -0.1) is 0 Å². The first-order chi connectivity index (χ1) is 9.85. The van der Waals surface area contributed by atoms with E-state index >= 15 is 0 Å². The zero-order valence-electron chi connectivity index (χ0n) is 13.3. The van der Waals surface area contributed by atoms with Gasteiger partial charge in [-0.2, -0.15) is 0 Å². The summed E-state index contributed by atoms with van der Waals surface area (Å²) in [5.74, 6) is 0.323. The molecule has 0 saturated carbocycles. The quantitative estimate of drug-likeness (QED) is 0.774. The van der Waals surface area contributed by atoms with Crippen LogP contribution in [0.2, 0.25) is 0 Å². The molecule has 2 unspecified atom stereocenters. The number of rotatable bonds is 8. The van der Waals surface area contributed by atoms with Crippen molar-refractivity contribution in [2.75, 3.05) is 0 Å². The first-order valence-corrected chi connectivity index (χ1v) is 9.14. The third-order valence-electron chi connectivity index (χ3n) is 4.04. The minimum Gasteiger partial charge on any atom is -0.388 e. The van der Waals surface area contributed by atoms with Crippen LogP contribution in [0.15, 0.2) is 29.2 Å². The van der Waals surface area contributed by atoms with E-state index in [1.165, 1.54) is 0 Å². The molecule has 4 nitrogen and oxygen atoms in total. The minimum atomic E-state index is -3.55. The maximum Gasteiger partial charge on any atom is 0.240 e. The predicted octanol–water partition coefficient (Wildman–Crippen LogP) is 3.23. The van der Waals surface area contributed by atoms with Crippen molar-refractivity contribution in [3.63, 3.8) is 0 Å². The van der Waals surface area contributed by atoms with Crippen molar-refractivity contribution in [3.8, 4) is 0 Å². The summed E-state index contributed by atoms with van der Waals surface area (Å²) in [6.07, 6.45) is 1.81. The summed E-state index contributed by atoms with van der Waals surface area (Å²) in [5.41, 5.74) is 0.635.